The molecule has 0 radical (unpaired) electrons. The fraction of sp³-hybridized carbons (Fsp3) is 0.471. The van der Waals surface area contributed by atoms with Gasteiger partial charge in [-0.05, 0) is 37.1 Å². The second kappa shape index (κ2) is 8.31. The standard InChI is InChI=1S/C17H21ClN4O3/c1-22(17(23)19-11-14-3-2-10-24-14)9-8-15-20-16(25-21-15)12-4-6-13(18)7-5-12/h4-7,14H,2-3,8-11H2,1H3,(H,19,23). The first-order chi connectivity index (χ1) is 12.1. The second-order valence-corrected chi connectivity index (χ2v) is 6.45. The van der Waals surface area contributed by atoms with E-state index in [4.69, 9.17) is 20.9 Å². The van der Waals surface area contributed by atoms with E-state index in [-0.39, 0.29) is 12.1 Å². The van der Waals surface area contributed by atoms with Crippen LogP contribution in [0, 0.1) is 0 Å². The van der Waals surface area contributed by atoms with Gasteiger partial charge >= 0.3 is 6.03 Å². The van der Waals surface area contributed by atoms with Gasteiger partial charge in [0.25, 0.3) is 5.89 Å². The van der Waals surface area contributed by atoms with Crippen molar-refractivity contribution in [1.29, 1.82) is 0 Å². The van der Waals surface area contributed by atoms with E-state index in [0.29, 0.717) is 36.2 Å². The van der Waals surface area contributed by atoms with Crippen LogP contribution in [-0.4, -0.2) is 53.9 Å². The molecule has 0 spiro atoms. The smallest absolute Gasteiger partial charge is 0.317 e. The third kappa shape index (κ3) is 4.93. The number of rotatable bonds is 6. The molecule has 1 unspecified atom stereocenters. The number of carbonyl (C=O) groups is 1. The lowest BCUT2D eigenvalue weighted by atomic mass is 10.2. The molecule has 7 nitrogen and oxygen atoms in total. The summed E-state index contributed by atoms with van der Waals surface area (Å²) < 4.78 is 10.7. The van der Waals surface area contributed by atoms with Gasteiger partial charge in [0.15, 0.2) is 5.82 Å². The van der Waals surface area contributed by atoms with Crippen molar-refractivity contribution < 1.29 is 14.1 Å². The summed E-state index contributed by atoms with van der Waals surface area (Å²) in [5, 5.41) is 7.49. The number of nitrogens with zero attached hydrogens (tertiary/aromatic N) is 3. The number of halogens is 1. The predicted octanol–water partition coefficient (Wildman–Crippen LogP) is 2.75. The Morgan fingerprint density at radius 1 is 1.40 bits per heavy atom. The van der Waals surface area contributed by atoms with Crippen LogP contribution < -0.4 is 5.32 Å². The van der Waals surface area contributed by atoms with Crippen LogP contribution in [0.15, 0.2) is 28.8 Å². The molecular weight excluding hydrogens is 344 g/mol. The lowest BCUT2D eigenvalue weighted by Crippen LogP contribution is -2.41. The zero-order chi connectivity index (χ0) is 17.6. The van der Waals surface area contributed by atoms with Gasteiger partial charge in [0, 0.05) is 43.8 Å². The highest BCUT2D eigenvalue weighted by atomic mass is 35.5. The number of urea groups is 1. The Labute approximate surface area is 151 Å². The van der Waals surface area contributed by atoms with Crippen molar-refractivity contribution in [3.63, 3.8) is 0 Å². The van der Waals surface area contributed by atoms with Crippen LogP contribution in [0.25, 0.3) is 11.5 Å². The van der Waals surface area contributed by atoms with E-state index < -0.39 is 0 Å². The van der Waals surface area contributed by atoms with Crippen molar-refractivity contribution in [1.82, 2.24) is 20.4 Å². The van der Waals surface area contributed by atoms with Crippen molar-refractivity contribution in [2.45, 2.75) is 25.4 Å². The Morgan fingerprint density at radius 2 is 2.20 bits per heavy atom. The summed E-state index contributed by atoms with van der Waals surface area (Å²) in [6.07, 6.45) is 2.71. The molecule has 0 saturated carbocycles. The average molecular weight is 365 g/mol. The van der Waals surface area contributed by atoms with Crippen LogP contribution in [0.4, 0.5) is 4.79 Å². The van der Waals surface area contributed by atoms with Crippen molar-refractivity contribution in [3.05, 3.63) is 35.1 Å². The molecule has 1 aliphatic rings. The van der Waals surface area contributed by atoms with Gasteiger partial charge in [-0.25, -0.2) is 4.79 Å². The lowest BCUT2D eigenvalue weighted by Gasteiger charge is -2.18. The molecule has 8 heteroatoms. The predicted molar refractivity (Wildman–Crippen MR) is 93.5 cm³/mol. The molecular formula is C17H21ClN4O3. The molecule has 1 atom stereocenters. The molecule has 2 heterocycles. The summed E-state index contributed by atoms with van der Waals surface area (Å²) in [5.41, 5.74) is 0.811. The van der Waals surface area contributed by atoms with Gasteiger partial charge in [-0.2, -0.15) is 4.98 Å². The SMILES string of the molecule is CN(CCc1noc(-c2ccc(Cl)cc2)n1)C(=O)NCC1CCCO1. The molecule has 1 aliphatic heterocycles. The number of hydrogen-bond donors (Lipinski definition) is 1. The Hall–Kier alpha value is -2.12. The van der Waals surface area contributed by atoms with E-state index in [0.717, 1.165) is 25.0 Å². The molecule has 1 saturated heterocycles. The summed E-state index contributed by atoms with van der Waals surface area (Å²) in [5.74, 6) is 1.00. The number of aromatic nitrogens is 2. The van der Waals surface area contributed by atoms with Gasteiger partial charge in [0.05, 0.1) is 6.10 Å². The average Bonchev–Trinajstić information content (AvgIpc) is 3.30. The highest BCUT2D eigenvalue weighted by Crippen LogP contribution is 2.19. The molecule has 1 aromatic heterocycles. The summed E-state index contributed by atoms with van der Waals surface area (Å²) >= 11 is 5.87. The molecule has 1 aromatic carbocycles. The van der Waals surface area contributed by atoms with Gasteiger partial charge in [-0.1, -0.05) is 16.8 Å². The van der Waals surface area contributed by atoms with Crippen molar-refractivity contribution >= 4 is 17.6 Å². The van der Waals surface area contributed by atoms with Crippen molar-refractivity contribution in [2.75, 3.05) is 26.7 Å². The van der Waals surface area contributed by atoms with Crippen LogP contribution in [0.3, 0.4) is 0 Å². The largest absolute Gasteiger partial charge is 0.376 e. The van der Waals surface area contributed by atoms with Gasteiger partial charge in [-0.3, -0.25) is 0 Å². The van der Waals surface area contributed by atoms with Crippen molar-refractivity contribution in [2.24, 2.45) is 0 Å². The maximum atomic E-state index is 12.1. The van der Waals surface area contributed by atoms with Crippen LogP contribution in [0.5, 0.6) is 0 Å². The highest BCUT2D eigenvalue weighted by Gasteiger charge is 2.18. The fourth-order valence-electron chi connectivity index (χ4n) is 2.58. The van der Waals surface area contributed by atoms with Gasteiger partial charge < -0.3 is 19.5 Å². The first kappa shape index (κ1) is 17.7. The Balaban J connectivity index is 1.46. The summed E-state index contributed by atoms with van der Waals surface area (Å²) in [6.45, 7) is 1.83. The molecule has 134 valence electrons. The summed E-state index contributed by atoms with van der Waals surface area (Å²) in [4.78, 5) is 18.0. The van der Waals surface area contributed by atoms with E-state index in [9.17, 15) is 4.79 Å². The van der Waals surface area contributed by atoms with E-state index in [1.165, 1.54) is 0 Å². The molecule has 1 fully saturated rings. The van der Waals surface area contributed by atoms with Crippen LogP contribution in [0.1, 0.15) is 18.7 Å². The third-order valence-electron chi connectivity index (χ3n) is 4.08. The van der Waals surface area contributed by atoms with Gasteiger partial charge in [0.1, 0.15) is 0 Å². The third-order valence-corrected chi connectivity index (χ3v) is 4.33. The van der Waals surface area contributed by atoms with Gasteiger partial charge in [-0.15, -0.1) is 0 Å². The maximum Gasteiger partial charge on any atom is 0.317 e. The number of ether oxygens (including phenoxy) is 1. The number of carbonyl (C=O) groups excluding carboxylic acids is 1. The Morgan fingerprint density at radius 3 is 2.92 bits per heavy atom. The topological polar surface area (TPSA) is 80.5 Å². The number of nitrogens with one attached hydrogen (secondary N) is 1. The summed E-state index contributed by atoms with van der Waals surface area (Å²) in [6, 6.07) is 7.06. The monoisotopic (exact) mass is 364 g/mol. The first-order valence-corrected chi connectivity index (χ1v) is 8.68. The number of likely N-dealkylation sites (N-methyl/N-ethyl adjacent to an activating group) is 1. The Kier molecular flexibility index (Phi) is 5.88. The van der Waals surface area contributed by atoms with E-state index in [2.05, 4.69) is 15.5 Å². The van der Waals surface area contributed by atoms with Crippen LogP contribution in [-0.2, 0) is 11.2 Å². The first-order valence-electron chi connectivity index (χ1n) is 8.31. The normalized spacial score (nSPS) is 16.8. The van der Waals surface area contributed by atoms with E-state index in [1.807, 2.05) is 12.1 Å². The maximum absolute atomic E-state index is 12.1. The molecule has 2 aromatic rings. The molecule has 0 bridgehead atoms. The van der Waals surface area contributed by atoms with E-state index in [1.54, 1.807) is 24.1 Å². The zero-order valence-corrected chi connectivity index (χ0v) is 14.8. The summed E-state index contributed by atoms with van der Waals surface area (Å²) in [7, 11) is 1.74. The number of amides is 2. The minimum atomic E-state index is -0.128. The minimum Gasteiger partial charge on any atom is -0.376 e. The van der Waals surface area contributed by atoms with Crippen molar-refractivity contribution in [3.8, 4) is 11.5 Å². The molecule has 2 amide bonds. The molecule has 25 heavy (non-hydrogen) atoms. The molecule has 1 N–H and O–H groups in total. The number of benzene rings is 1. The van der Waals surface area contributed by atoms with E-state index >= 15 is 0 Å². The van der Waals surface area contributed by atoms with Gasteiger partial charge in [0.2, 0.25) is 0 Å². The lowest BCUT2D eigenvalue weighted by molar-refractivity contribution is 0.109. The quantitative estimate of drug-likeness (QED) is 0.852. The second-order valence-electron chi connectivity index (χ2n) is 6.02. The minimum absolute atomic E-state index is 0.128. The molecule has 3 rings (SSSR count). The number of hydrogen-bond acceptors (Lipinski definition) is 5. The molecule has 0 aliphatic carbocycles. The van der Waals surface area contributed by atoms with Crippen LogP contribution in [0.2, 0.25) is 5.02 Å². The zero-order valence-electron chi connectivity index (χ0n) is 14.1. The highest BCUT2D eigenvalue weighted by molar-refractivity contribution is 6.30. The Bertz CT molecular complexity index is 698. The van der Waals surface area contributed by atoms with Crippen LogP contribution >= 0.6 is 11.6 Å². The fourth-order valence-corrected chi connectivity index (χ4v) is 2.70.